The molecule has 3 heteroatoms. The predicted octanol–water partition coefficient (Wildman–Crippen LogP) is 5.05. The summed E-state index contributed by atoms with van der Waals surface area (Å²) in [5, 5.41) is 0.363. The van der Waals surface area contributed by atoms with Crippen LogP contribution in [-0.2, 0) is 4.43 Å². The van der Waals surface area contributed by atoms with Crippen LogP contribution in [0.5, 0.6) is 0 Å². The fourth-order valence-corrected chi connectivity index (χ4v) is 2.98. The molecule has 0 spiro atoms. The average molecular weight is 354 g/mol. The van der Waals surface area contributed by atoms with Gasteiger partial charge in [0, 0.05) is 0 Å². The van der Waals surface area contributed by atoms with Gasteiger partial charge in [-0.2, -0.15) is 0 Å². The maximum atomic E-state index is 6.25. The van der Waals surface area contributed by atoms with Crippen LogP contribution in [0.15, 0.2) is 10.2 Å². The van der Waals surface area contributed by atoms with Crippen molar-refractivity contribution in [2.45, 2.75) is 71.1 Å². The molecular formula is C13H27IOSi. The molecule has 2 unspecified atom stereocenters. The first-order chi connectivity index (χ1) is 7.41. The van der Waals surface area contributed by atoms with Gasteiger partial charge in [0.2, 0.25) is 0 Å². The van der Waals surface area contributed by atoms with Gasteiger partial charge in [0.1, 0.15) is 0 Å². The maximum Gasteiger partial charge on any atom is 0.180 e. The van der Waals surface area contributed by atoms with Crippen LogP contribution in [0.3, 0.4) is 0 Å². The molecule has 96 valence electrons. The van der Waals surface area contributed by atoms with E-state index in [1.807, 2.05) is 0 Å². The van der Waals surface area contributed by atoms with Crippen LogP contribution in [0, 0.1) is 0 Å². The molecule has 0 aromatic carbocycles. The Kier molecular flexibility index (Phi) is 9.05. The van der Waals surface area contributed by atoms with E-state index in [4.69, 9.17) is 4.43 Å². The van der Waals surface area contributed by atoms with E-state index < -0.39 is 9.04 Å². The van der Waals surface area contributed by atoms with E-state index in [1.54, 1.807) is 0 Å². The summed E-state index contributed by atoms with van der Waals surface area (Å²) in [6, 6.07) is 0. The molecule has 0 rings (SSSR count). The fourth-order valence-electron chi connectivity index (χ4n) is 1.35. The molecule has 0 amide bonds. The summed E-state index contributed by atoms with van der Waals surface area (Å²) in [5.74, 6) is 0. The summed E-state index contributed by atoms with van der Waals surface area (Å²) in [7, 11) is -1.09. The standard InChI is InChI=1S/C13H27IOSi/c1-6-7-8-9-12(10-11-14)15-16(5)13(2,3)4/h10-12,16H,6-9H2,1-5H3. The maximum absolute atomic E-state index is 6.25. The smallest absolute Gasteiger partial charge is 0.180 e. The average Bonchev–Trinajstić information content (AvgIpc) is 2.16. The van der Waals surface area contributed by atoms with Crippen LogP contribution in [0.4, 0.5) is 0 Å². The van der Waals surface area contributed by atoms with E-state index in [0.29, 0.717) is 11.1 Å². The van der Waals surface area contributed by atoms with Gasteiger partial charge in [0.15, 0.2) is 9.04 Å². The van der Waals surface area contributed by atoms with Gasteiger partial charge < -0.3 is 4.43 Å². The normalized spacial score (nSPS) is 16.6. The summed E-state index contributed by atoms with van der Waals surface area (Å²) < 4.78 is 8.34. The largest absolute Gasteiger partial charge is 0.413 e. The molecule has 0 bridgehead atoms. The van der Waals surface area contributed by atoms with E-state index in [0.717, 1.165) is 0 Å². The molecule has 1 nitrogen and oxygen atoms in total. The Morgan fingerprint density at radius 3 is 2.38 bits per heavy atom. The molecule has 0 saturated heterocycles. The summed E-state index contributed by atoms with van der Waals surface area (Å²) in [6.45, 7) is 11.4. The second kappa shape index (κ2) is 8.70. The number of hydrogen-bond donors (Lipinski definition) is 0. The summed E-state index contributed by atoms with van der Waals surface area (Å²) >= 11 is 2.29. The van der Waals surface area contributed by atoms with Crippen LogP contribution in [-0.4, -0.2) is 15.1 Å². The van der Waals surface area contributed by atoms with Gasteiger partial charge in [0.05, 0.1) is 6.10 Å². The van der Waals surface area contributed by atoms with Crippen LogP contribution < -0.4 is 0 Å². The fraction of sp³-hybridized carbons (Fsp3) is 0.846. The van der Waals surface area contributed by atoms with Gasteiger partial charge in [0.25, 0.3) is 0 Å². The van der Waals surface area contributed by atoms with Gasteiger partial charge in [-0.25, -0.2) is 0 Å². The van der Waals surface area contributed by atoms with Gasteiger partial charge in [-0.1, -0.05) is 75.6 Å². The SMILES string of the molecule is CCCCCC(C=CI)O[SiH](C)C(C)(C)C. The predicted molar refractivity (Wildman–Crippen MR) is 84.9 cm³/mol. The first kappa shape index (κ1) is 16.6. The monoisotopic (exact) mass is 354 g/mol. The summed E-state index contributed by atoms with van der Waals surface area (Å²) in [4.78, 5) is 0. The number of hydrogen-bond acceptors (Lipinski definition) is 1. The molecule has 0 aliphatic carbocycles. The second-order valence-corrected chi connectivity index (χ2v) is 9.50. The lowest BCUT2D eigenvalue weighted by Gasteiger charge is -2.29. The van der Waals surface area contributed by atoms with Crippen molar-refractivity contribution in [3.05, 3.63) is 10.2 Å². The van der Waals surface area contributed by atoms with Crippen LogP contribution >= 0.6 is 22.6 Å². The zero-order chi connectivity index (χ0) is 12.6. The van der Waals surface area contributed by atoms with Crippen molar-refractivity contribution >= 4 is 31.6 Å². The highest BCUT2D eigenvalue weighted by Gasteiger charge is 2.25. The van der Waals surface area contributed by atoms with Crippen LogP contribution in [0.25, 0.3) is 0 Å². The highest BCUT2D eigenvalue weighted by Crippen LogP contribution is 2.28. The van der Waals surface area contributed by atoms with E-state index >= 15 is 0 Å². The van der Waals surface area contributed by atoms with Crippen molar-refractivity contribution in [1.29, 1.82) is 0 Å². The third-order valence-corrected chi connectivity index (χ3v) is 6.59. The Labute approximate surface area is 117 Å². The molecule has 2 atom stereocenters. The quantitative estimate of drug-likeness (QED) is 0.353. The Bertz CT molecular complexity index is 199. The minimum absolute atomic E-state index is 0.351. The number of unbranched alkanes of at least 4 members (excludes halogenated alkanes) is 2. The highest BCUT2D eigenvalue weighted by molar-refractivity contribution is 14.1. The van der Waals surface area contributed by atoms with E-state index in [-0.39, 0.29) is 0 Å². The molecule has 0 aliphatic rings. The molecule has 0 heterocycles. The second-order valence-electron chi connectivity index (χ2n) is 5.50. The minimum atomic E-state index is -1.09. The molecule has 0 fully saturated rings. The molecule has 0 aliphatic heterocycles. The van der Waals surface area contributed by atoms with Gasteiger partial charge >= 0.3 is 0 Å². The van der Waals surface area contributed by atoms with E-state index in [2.05, 4.69) is 67.0 Å². The zero-order valence-electron chi connectivity index (χ0n) is 11.4. The van der Waals surface area contributed by atoms with Crippen LogP contribution in [0.2, 0.25) is 11.6 Å². The summed E-state index contributed by atoms with van der Waals surface area (Å²) in [5.41, 5.74) is 0. The minimum Gasteiger partial charge on any atom is -0.413 e. The Balaban J connectivity index is 4.12. The van der Waals surface area contributed by atoms with Crippen molar-refractivity contribution in [2.24, 2.45) is 0 Å². The number of rotatable bonds is 7. The number of halogens is 1. The molecule has 0 saturated carbocycles. The van der Waals surface area contributed by atoms with Crippen molar-refractivity contribution in [3.8, 4) is 0 Å². The van der Waals surface area contributed by atoms with E-state index in [1.165, 1.54) is 25.7 Å². The molecule has 0 aromatic rings. The molecule has 0 aromatic heterocycles. The van der Waals surface area contributed by atoms with Crippen molar-refractivity contribution in [1.82, 2.24) is 0 Å². The first-order valence-electron chi connectivity index (χ1n) is 6.34. The molecular weight excluding hydrogens is 327 g/mol. The topological polar surface area (TPSA) is 9.23 Å². The first-order valence-corrected chi connectivity index (χ1v) is 9.79. The highest BCUT2D eigenvalue weighted by atomic mass is 127. The Morgan fingerprint density at radius 1 is 1.31 bits per heavy atom. The van der Waals surface area contributed by atoms with Gasteiger partial charge in [-0.3, -0.25) is 0 Å². The van der Waals surface area contributed by atoms with Crippen molar-refractivity contribution < 1.29 is 4.43 Å². The third kappa shape index (κ3) is 7.85. The zero-order valence-corrected chi connectivity index (χ0v) is 14.7. The van der Waals surface area contributed by atoms with Crippen molar-refractivity contribution in [3.63, 3.8) is 0 Å². The summed E-state index contributed by atoms with van der Waals surface area (Å²) in [6.07, 6.45) is 7.64. The lowest BCUT2D eigenvalue weighted by atomic mass is 10.1. The lowest BCUT2D eigenvalue weighted by Crippen LogP contribution is -2.30. The van der Waals surface area contributed by atoms with Crippen molar-refractivity contribution in [2.75, 3.05) is 0 Å². The lowest BCUT2D eigenvalue weighted by molar-refractivity contribution is 0.225. The molecule has 0 N–H and O–H groups in total. The third-order valence-electron chi connectivity index (χ3n) is 2.98. The van der Waals surface area contributed by atoms with Crippen LogP contribution in [0.1, 0.15) is 53.4 Å². The molecule has 0 radical (unpaired) electrons. The van der Waals surface area contributed by atoms with E-state index in [9.17, 15) is 0 Å². The van der Waals surface area contributed by atoms with Gasteiger partial charge in [-0.05, 0) is 22.1 Å². The molecule has 16 heavy (non-hydrogen) atoms. The Morgan fingerprint density at radius 2 is 1.94 bits per heavy atom. The Hall–Kier alpha value is 0.647. The van der Waals surface area contributed by atoms with Gasteiger partial charge in [-0.15, -0.1) is 0 Å².